The number of nitrogens with two attached hydrogens (primary N) is 1. The molecule has 2 N–H and O–H groups in total. The molecule has 2 rings (SSSR count). The Labute approximate surface area is 110 Å². The quantitative estimate of drug-likeness (QED) is 0.857. The predicted octanol–water partition coefficient (Wildman–Crippen LogP) is 3.14. The van der Waals surface area contributed by atoms with Crippen molar-refractivity contribution < 1.29 is 4.21 Å². The number of rotatable bonds is 4. The van der Waals surface area contributed by atoms with Crippen LogP contribution in [0.15, 0.2) is 53.4 Å². The number of hydrogen-bond donors (Lipinski definition) is 1. The highest BCUT2D eigenvalue weighted by Gasteiger charge is 2.04. The highest BCUT2D eigenvalue weighted by atomic mass is 32.2. The van der Waals surface area contributed by atoms with Crippen molar-refractivity contribution in [2.75, 3.05) is 5.73 Å². The Bertz CT molecular complexity index is 531. The first kappa shape index (κ1) is 12.8. The minimum absolute atomic E-state index is 0.550. The van der Waals surface area contributed by atoms with Crippen LogP contribution < -0.4 is 5.73 Å². The zero-order valence-electron chi connectivity index (χ0n) is 10.4. The standard InChI is InChI=1S/C15H17NOS/c1-2-12-3-5-13(6-4-12)11-18(17)15-9-7-14(16)8-10-15/h3-10H,2,11,16H2,1H3. The van der Waals surface area contributed by atoms with Crippen LogP contribution in [0.1, 0.15) is 18.1 Å². The minimum Gasteiger partial charge on any atom is -0.399 e. The smallest absolute Gasteiger partial charge is 0.0574 e. The predicted molar refractivity (Wildman–Crippen MR) is 76.8 cm³/mol. The number of nitrogen functional groups attached to an aromatic ring is 1. The first-order chi connectivity index (χ1) is 8.69. The summed E-state index contributed by atoms with van der Waals surface area (Å²) in [5.41, 5.74) is 8.71. The van der Waals surface area contributed by atoms with E-state index in [2.05, 4.69) is 19.1 Å². The highest BCUT2D eigenvalue weighted by molar-refractivity contribution is 7.84. The molecule has 2 aromatic carbocycles. The fraction of sp³-hybridized carbons (Fsp3) is 0.200. The summed E-state index contributed by atoms with van der Waals surface area (Å²) in [6.07, 6.45) is 1.03. The Morgan fingerprint density at radius 3 is 2.06 bits per heavy atom. The normalized spacial score (nSPS) is 12.3. The molecule has 0 saturated carbocycles. The Balaban J connectivity index is 2.08. The lowest BCUT2D eigenvalue weighted by Crippen LogP contribution is -1.97. The Kier molecular flexibility index (Phi) is 4.15. The van der Waals surface area contributed by atoms with Gasteiger partial charge in [0.25, 0.3) is 0 Å². The average molecular weight is 259 g/mol. The zero-order chi connectivity index (χ0) is 13.0. The van der Waals surface area contributed by atoms with E-state index in [-0.39, 0.29) is 0 Å². The van der Waals surface area contributed by atoms with Gasteiger partial charge in [0.05, 0.1) is 16.6 Å². The molecule has 2 nitrogen and oxygen atoms in total. The molecule has 0 radical (unpaired) electrons. The summed E-state index contributed by atoms with van der Waals surface area (Å²) >= 11 is 0. The number of anilines is 1. The molecule has 1 unspecified atom stereocenters. The van der Waals surface area contributed by atoms with Gasteiger partial charge >= 0.3 is 0 Å². The molecule has 0 amide bonds. The Hall–Kier alpha value is -1.61. The molecule has 2 aromatic rings. The van der Waals surface area contributed by atoms with Gasteiger partial charge in [-0.1, -0.05) is 31.2 Å². The summed E-state index contributed by atoms with van der Waals surface area (Å²) in [5.74, 6) is 0.550. The van der Waals surface area contributed by atoms with Gasteiger partial charge in [-0.25, -0.2) is 0 Å². The van der Waals surface area contributed by atoms with E-state index < -0.39 is 10.8 Å². The summed E-state index contributed by atoms with van der Waals surface area (Å²) < 4.78 is 12.2. The second kappa shape index (κ2) is 5.83. The van der Waals surface area contributed by atoms with Crippen molar-refractivity contribution in [2.24, 2.45) is 0 Å². The molecule has 0 fully saturated rings. The molecule has 0 aromatic heterocycles. The third kappa shape index (κ3) is 3.20. The molecular weight excluding hydrogens is 242 g/mol. The lowest BCUT2D eigenvalue weighted by molar-refractivity contribution is 0.682. The van der Waals surface area contributed by atoms with E-state index >= 15 is 0 Å². The van der Waals surface area contributed by atoms with Gasteiger partial charge in [-0.3, -0.25) is 4.21 Å². The van der Waals surface area contributed by atoms with E-state index in [1.807, 2.05) is 24.3 Å². The minimum atomic E-state index is -1.01. The maximum absolute atomic E-state index is 12.2. The van der Waals surface area contributed by atoms with Crippen molar-refractivity contribution in [1.29, 1.82) is 0 Å². The Morgan fingerprint density at radius 1 is 0.944 bits per heavy atom. The fourth-order valence-corrected chi connectivity index (χ4v) is 2.83. The van der Waals surface area contributed by atoms with Gasteiger partial charge in [0, 0.05) is 10.6 Å². The first-order valence-corrected chi connectivity index (χ1v) is 7.32. The molecule has 0 aliphatic rings. The van der Waals surface area contributed by atoms with Crippen molar-refractivity contribution in [2.45, 2.75) is 24.0 Å². The number of benzene rings is 2. The molecule has 18 heavy (non-hydrogen) atoms. The maximum atomic E-state index is 12.2. The van der Waals surface area contributed by atoms with E-state index in [4.69, 9.17) is 5.73 Å². The monoisotopic (exact) mass is 259 g/mol. The van der Waals surface area contributed by atoms with Crippen molar-refractivity contribution in [3.8, 4) is 0 Å². The fourth-order valence-electron chi connectivity index (χ4n) is 1.73. The number of aryl methyl sites for hydroxylation is 1. The highest BCUT2D eigenvalue weighted by Crippen LogP contribution is 2.15. The van der Waals surface area contributed by atoms with Gasteiger partial charge in [0.2, 0.25) is 0 Å². The summed E-state index contributed by atoms with van der Waals surface area (Å²) in [4.78, 5) is 0.823. The van der Waals surface area contributed by atoms with E-state index in [0.717, 1.165) is 16.9 Å². The largest absolute Gasteiger partial charge is 0.399 e. The second-order valence-corrected chi connectivity index (χ2v) is 5.68. The molecule has 1 atom stereocenters. The van der Waals surface area contributed by atoms with Crippen LogP contribution in [0.3, 0.4) is 0 Å². The summed E-state index contributed by atoms with van der Waals surface area (Å²) in [7, 11) is -1.01. The van der Waals surface area contributed by atoms with Crippen molar-refractivity contribution in [3.63, 3.8) is 0 Å². The van der Waals surface area contributed by atoms with Crippen LogP contribution in [0.2, 0.25) is 0 Å². The molecule has 0 saturated heterocycles. The summed E-state index contributed by atoms with van der Waals surface area (Å²) in [6, 6.07) is 15.5. The van der Waals surface area contributed by atoms with Crippen molar-refractivity contribution in [3.05, 3.63) is 59.7 Å². The van der Waals surface area contributed by atoms with E-state index in [9.17, 15) is 4.21 Å². The third-order valence-corrected chi connectivity index (χ3v) is 4.27. The van der Waals surface area contributed by atoms with E-state index in [1.165, 1.54) is 5.56 Å². The van der Waals surface area contributed by atoms with Crippen LogP contribution in [0.5, 0.6) is 0 Å². The van der Waals surface area contributed by atoms with Crippen LogP contribution in [-0.4, -0.2) is 4.21 Å². The average Bonchev–Trinajstić information content (AvgIpc) is 2.40. The van der Waals surface area contributed by atoms with Gasteiger partial charge in [-0.05, 0) is 41.8 Å². The van der Waals surface area contributed by atoms with Crippen molar-refractivity contribution >= 4 is 16.5 Å². The first-order valence-electron chi connectivity index (χ1n) is 6.01. The van der Waals surface area contributed by atoms with E-state index in [0.29, 0.717) is 11.4 Å². The molecule has 0 aliphatic heterocycles. The molecule has 0 bridgehead atoms. The molecule has 3 heteroatoms. The lowest BCUT2D eigenvalue weighted by Gasteiger charge is -2.04. The van der Waals surface area contributed by atoms with Gasteiger partial charge < -0.3 is 5.73 Å². The van der Waals surface area contributed by atoms with Crippen LogP contribution in [-0.2, 0) is 23.0 Å². The summed E-state index contributed by atoms with van der Waals surface area (Å²) in [6.45, 7) is 2.13. The second-order valence-electron chi connectivity index (χ2n) is 4.23. The van der Waals surface area contributed by atoms with Crippen LogP contribution in [0.25, 0.3) is 0 Å². The Morgan fingerprint density at radius 2 is 1.50 bits per heavy atom. The molecule has 94 valence electrons. The van der Waals surface area contributed by atoms with Crippen LogP contribution >= 0.6 is 0 Å². The van der Waals surface area contributed by atoms with Gasteiger partial charge in [0.15, 0.2) is 0 Å². The molecule has 0 spiro atoms. The van der Waals surface area contributed by atoms with Gasteiger partial charge in [-0.2, -0.15) is 0 Å². The van der Waals surface area contributed by atoms with Crippen LogP contribution in [0.4, 0.5) is 5.69 Å². The van der Waals surface area contributed by atoms with E-state index in [1.54, 1.807) is 12.1 Å². The topological polar surface area (TPSA) is 43.1 Å². The number of hydrogen-bond acceptors (Lipinski definition) is 2. The van der Waals surface area contributed by atoms with Crippen LogP contribution in [0, 0.1) is 0 Å². The molecular formula is C15H17NOS. The van der Waals surface area contributed by atoms with Crippen molar-refractivity contribution in [1.82, 2.24) is 0 Å². The molecule has 0 aliphatic carbocycles. The molecule has 0 heterocycles. The summed E-state index contributed by atoms with van der Waals surface area (Å²) in [5, 5.41) is 0. The van der Waals surface area contributed by atoms with Gasteiger partial charge in [-0.15, -0.1) is 0 Å². The van der Waals surface area contributed by atoms with Gasteiger partial charge in [0.1, 0.15) is 0 Å². The zero-order valence-corrected chi connectivity index (χ0v) is 11.2. The maximum Gasteiger partial charge on any atom is 0.0574 e. The lowest BCUT2D eigenvalue weighted by atomic mass is 10.1. The SMILES string of the molecule is CCc1ccc(CS(=O)c2ccc(N)cc2)cc1. The third-order valence-electron chi connectivity index (χ3n) is 2.87.